The SMILES string of the molecule is Cc1ccc(S(=O)(=O)O)c(-c2cc(-c3cc(C)ccc3S(=O)(=O)O)c(C(=O)N3Cc4ccc(CN5CCN(CCOCCOCCOCCNC(=O)OC(C)(C)C)CC5)cc4C3)c(OCc3ccccc3)c2C)c1. The minimum atomic E-state index is -4.87. The summed E-state index contributed by atoms with van der Waals surface area (Å²) >= 11 is 0. The van der Waals surface area contributed by atoms with Crippen LogP contribution in [-0.4, -0.2) is 137 Å². The monoisotopic (exact) mass is 1060 g/mol. The molecule has 74 heavy (non-hydrogen) atoms. The molecule has 19 heteroatoms. The van der Waals surface area contributed by atoms with Gasteiger partial charge in [0.05, 0.1) is 45.2 Å². The normalized spacial score (nSPS) is 14.5. The molecule has 398 valence electrons. The number of piperazine rings is 1. The van der Waals surface area contributed by atoms with Gasteiger partial charge in [-0.3, -0.25) is 23.7 Å². The van der Waals surface area contributed by atoms with Crippen LogP contribution in [0, 0.1) is 20.8 Å². The predicted octanol–water partition coefficient (Wildman–Crippen LogP) is 7.87. The van der Waals surface area contributed by atoms with Crippen molar-refractivity contribution in [3.8, 4) is 28.0 Å². The van der Waals surface area contributed by atoms with Crippen molar-refractivity contribution in [3.05, 3.63) is 136 Å². The van der Waals surface area contributed by atoms with Gasteiger partial charge in [-0.1, -0.05) is 83.9 Å². The molecular weight excluding hydrogens is 989 g/mol. The average molecular weight is 1060 g/mol. The molecule has 0 saturated carbocycles. The van der Waals surface area contributed by atoms with Crippen molar-refractivity contribution in [2.75, 3.05) is 78.9 Å². The molecule has 1 saturated heterocycles. The van der Waals surface area contributed by atoms with Crippen molar-refractivity contribution in [1.29, 1.82) is 0 Å². The second kappa shape index (κ2) is 24.7. The summed E-state index contributed by atoms with van der Waals surface area (Å²) in [6.07, 6.45) is -0.472. The zero-order valence-electron chi connectivity index (χ0n) is 43.0. The molecule has 2 heterocycles. The molecule has 7 rings (SSSR count). The fourth-order valence-electron chi connectivity index (χ4n) is 9.08. The third-order valence-electron chi connectivity index (χ3n) is 12.7. The van der Waals surface area contributed by atoms with Crippen LogP contribution in [0.15, 0.2) is 101 Å². The number of alkyl carbamates (subject to hydrolysis) is 1. The van der Waals surface area contributed by atoms with E-state index in [0.717, 1.165) is 61.5 Å². The largest absolute Gasteiger partial charge is 0.488 e. The van der Waals surface area contributed by atoms with Gasteiger partial charge in [0, 0.05) is 75.6 Å². The van der Waals surface area contributed by atoms with E-state index in [1.807, 2.05) is 57.2 Å². The smallest absolute Gasteiger partial charge is 0.407 e. The molecule has 0 spiro atoms. The number of ether oxygens (including phenoxy) is 5. The molecule has 0 unspecified atom stereocenters. The number of fused-ring (bicyclic) bond motifs is 1. The van der Waals surface area contributed by atoms with Crippen LogP contribution in [0.2, 0.25) is 0 Å². The minimum Gasteiger partial charge on any atom is -0.488 e. The molecule has 0 aromatic heterocycles. The average Bonchev–Trinajstić information content (AvgIpc) is 3.77. The van der Waals surface area contributed by atoms with Crippen molar-refractivity contribution in [1.82, 2.24) is 20.0 Å². The van der Waals surface area contributed by atoms with Gasteiger partial charge in [-0.05, 0) is 93.1 Å². The summed E-state index contributed by atoms with van der Waals surface area (Å²) in [4.78, 5) is 32.7. The van der Waals surface area contributed by atoms with Crippen molar-refractivity contribution in [2.45, 2.75) is 83.2 Å². The summed E-state index contributed by atoms with van der Waals surface area (Å²) in [7, 11) is -9.64. The lowest BCUT2D eigenvalue weighted by atomic mass is 9.88. The molecular formula is C55H68N4O13S2. The highest BCUT2D eigenvalue weighted by Gasteiger charge is 2.34. The number of hydrogen-bond acceptors (Lipinski definition) is 13. The Labute approximate surface area is 435 Å². The van der Waals surface area contributed by atoms with Gasteiger partial charge in [0.2, 0.25) is 0 Å². The first-order valence-electron chi connectivity index (χ1n) is 24.7. The maximum absolute atomic E-state index is 15.4. The molecule has 5 aromatic carbocycles. The minimum absolute atomic E-state index is 0.00245. The van der Waals surface area contributed by atoms with E-state index >= 15 is 4.79 Å². The molecule has 0 bridgehead atoms. The summed E-state index contributed by atoms with van der Waals surface area (Å²) in [6, 6.07) is 25.9. The fourth-order valence-corrected chi connectivity index (χ4v) is 10.5. The Morgan fingerprint density at radius 2 is 1.19 bits per heavy atom. The number of amides is 2. The van der Waals surface area contributed by atoms with Crippen molar-refractivity contribution < 1.29 is 59.2 Å². The molecule has 3 N–H and O–H groups in total. The molecule has 5 aromatic rings. The predicted molar refractivity (Wildman–Crippen MR) is 280 cm³/mol. The van der Waals surface area contributed by atoms with E-state index < -0.39 is 42.7 Å². The Hall–Kier alpha value is -5.74. The van der Waals surface area contributed by atoms with Crippen LogP contribution in [0.3, 0.4) is 0 Å². The van der Waals surface area contributed by atoms with E-state index in [4.69, 9.17) is 23.7 Å². The maximum atomic E-state index is 15.4. The van der Waals surface area contributed by atoms with Gasteiger partial charge in [-0.25, -0.2) is 4.79 Å². The van der Waals surface area contributed by atoms with Crippen LogP contribution in [0.4, 0.5) is 4.79 Å². The Kier molecular flexibility index (Phi) is 18.7. The first-order chi connectivity index (χ1) is 35.1. The van der Waals surface area contributed by atoms with Crippen molar-refractivity contribution in [3.63, 3.8) is 0 Å². The lowest BCUT2D eigenvalue weighted by Crippen LogP contribution is -2.46. The van der Waals surface area contributed by atoms with Gasteiger partial charge in [0.15, 0.2) is 0 Å². The van der Waals surface area contributed by atoms with E-state index in [-0.39, 0.29) is 58.2 Å². The number of hydrogen-bond donors (Lipinski definition) is 3. The van der Waals surface area contributed by atoms with Crippen LogP contribution in [-0.2, 0) is 65.4 Å². The number of benzene rings is 5. The van der Waals surface area contributed by atoms with Crippen LogP contribution in [0.25, 0.3) is 22.3 Å². The van der Waals surface area contributed by atoms with Crippen LogP contribution in [0.1, 0.15) is 70.1 Å². The number of carbonyl (C=O) groups excluding carboxylic acids is 2. The van der Waals surface area contributed by atoms with Gasteiger partial charge in [-0.2, -0.15) is 16.8 Å². The molecule has 0 radical (unpaired) electrons. The van der Waals surface area contributed by atoms with Crippen LogP contribution in [0.5, 0.6) is 5.75 Å². The lowest BCUT2D eigenvalue weighted by Gasteiger charge is -2.34. The van der Waals surface area contributed by atoms with Crippen molar-refractivity contribution >= 4 is 32.2 Å². The Morgan fingerprint density at radius 1 is 0.622 bits per heavy atom. The highest BCUT2D eigenvalue weighted by atomic mass is 32.2. The summed E-state index contributed by atoms with van der Waals surface area (Å²) in [5, 5.41) is 2.65. The molecule has 17 nitrogen and oxygen atoms in total. The summed E-state index contributed by atoms with van der Waals surface area (Å²) in [5.41, 5.74) is 5.49. The molecule has 2 aliphatic rings. The van der Waals surface area contributed by atoms with Gasteiger partial charge < -0.3 is 33.9 Å². The summed E-state index contributed by atoms with van der Waals surface area (Å²) in [5.74, 6) is -0.368. The van der Waals surface area contributed by atoms with Gasteiger partial charge >= 0.3 is 6.09 Å². The zero-order chi connectivity index (χ0) is 53.2. The lowest BCUT2D eigenvalue weighted by molar-refractivity contribution is 0.00749. The van der Waals surface area contributed by atoms with Gasteiger partial charge in [-0.15, -0.1) is 0 Å². The highest BCUT2D eigenvalue weighted by Crippen LogP contribution is 2.45. The third kappa shape index (κ3) is 15.2. The Morgan fingerprint density at radius 3 is 1.80 bits per heavy atom. The number of carbonyl (C=O) groups is 2. The molecule has 0 atom stereocenters. The molecule has 0 aliphatic carbocycles. The van der Waals surface area contributed by atoms with E-state index in [2.05, 4.69) is 27.2 Å². The first-order valence-corrected chi connectivity index (χ1v) is 27.6. The van der Waals surface area contributed by atoms with E-state index in [0.29, 0.717) is 62.9 Å². The van der Waals surface area contributed by atoms with E-state index in [1.54, 1.807) is 49.9 Å². The summed E-state index contributed by atoms with van der Waals surface area (Å²) in [6.45, 7) is 19.3. The molecule has 2 aliphatic heterocycles. The van der Waals surface area contributed by atoms with Gasteiger partial charge in [0.1, 0.15) is 27.7 Å². The number of aryl methyl sites for hydroxylation is 2. The topological polar surface area (TPSA) is 211 Å². The zero-order valence-corrected chi connectivity index (χ0v) is 44.7. The van der Waals surface area contributed by atoms with Gasteiger partial charge in [0.25, 0.3) is 26.1 Å². The highest BCUT2D eigenvalue weighted by molar-refractivity contribution is 7.86. The molecule has 1 fully saturated rings. The Balaban J connectivity index is 1.02. The molecule has 2 amide bonds. The fraction of sp³-hybridized carbons (Fsp3) is 0.418. The summed E-state index contributed by atoms with van der Waals surface area (Å²) < 4.78 is 102. The second-order valence-corrected chi connectivity index (χ2v) is 22.5. The number of nitrogens with one attached hydrogen (secondary N) is 1. The van der Waals surface area contributed by atoms with E-state index in [9.17, 15) is 30.7 Å². The second-order valence-electron chi connectivity index (χ2n) is 19.7. The quantitative estimate of drug-likeness (QED) is 0.0445. The number of nitrogens with zero attached hydrogens (tertiary/aromatic N) is 3. The van der Waals surface area contributed by atoms with Crippen LogP contribution >= 0.6 is 0 Å². The third-order valence-corrected chi connectivity index (χ3v) is 14.6. The first kappa shape index (κ1) is 56.0. The van der Waals surface area contributed by atoms with Crippen molar-refractivity contribution in [2.24, 2.45) is 0 Å². The number of rotatable bonds is 22. The maximum Gasteiger partial charge on any atom is 0.407 e. The standard InChI is InChI=1S/C55H68N4O13S2/c1-38-12-16-49(73(62,63)64)46(30-38)45-33-48(47-31-39(2)13-17-50(47)74(65,66)67)51(52(40(45)3)71-37-41-10-8-7-9-11-41)53(60)59-35-43-15-14-42(32-44(43)36-59)34-58-21-19-57(20-22-58)23-25-69-27-29-70-28-26-68-24-18-56-54(61)72-55(4,5)6/h7-17,30-33H,18-29,34-37H2,1-6H3,(H,56,61)(H,62,63,64)(H,65,66,67). The Bertz CT molecular complexity index is 3010. The van der Waals surface area contributed by atoms with Crippen LogP contribution < -0.4 is 10.1 Å². The van der Waals surface area contributed by atoms with E-state index in [1.165, 1.54) is 18.2 Å².